The van der Waals surface area contributed by atoms with Crippen molar-refractivity contribution in [3.63, 3.8) is 0 Å². The first-order chi connectivity index (χ1) is 11.8. The number of phenols is 1. The average molecular weight is 315 g/mol. The zero-order chi connectivity index (χ0) is 16.1. The number of aromatic amines is 1. The molecular weight excluding hydrogens is 298 g/mol. The maximum Gasteiger partial charge on any atom is 0.115 e. The third-order valence-electron chi connectivity index (χ3n) is 5.03. The molecule has 0 radical (unpaired) electrons. The Morgan fingerprint density at radius 3 is 2.54 bits per heavy atom. The molecule has 0 amide bonds. The van der Waals surface area contributed by atoms with Gasteiger partial charge in [-0.3, -0.25) is 5.10 Å². The monoisotopic (exact) mass is 315 g/mol. The molecule has 0 aliphatic heterocycles. The molecule has 1 aliphatic carbocycles. The van der Waals surface area contributed by atoms with E-state index < -0.39 is 0 Å². The summed E-state index contributed by atoms with van der Waals surface area (Å²) in [5.41, 5.74) is 6.88. The summed E-state index contributed by atoms with van der Waals surface area (Å²) in [5.74, 6) is 0.282. The molecule has 0 atom stereocenters. The second-order valence-corrected chi connectivity index (χ2v) is 6.47. The smallest absolute Gasteiger partial charge is 0.115 e. The Bertz CT molecular complexity index is 1060. The number of phenolic OH excluding ortho intramolecular Hbond substituents is 1. The second-order valence-electron chi connectivity index (χ2n) is 6.47. The summed E-state index contributed by atoms with van der Waals surface area (Å²) in [6.45, 7) is 0. The number of benzene rings is 2. The first-order valence-electron chi connectivity index (χ1n) is 8.38. The number of rotatable bonds is 1. The summed E-state index contributed by atoms with van der Waals surface area (Å²) < 4.78 is 0. The minimum Gasteiger partial charge on any atom is -0.508 e. The predicted molar refractivity (Wildman–Crippen MR) is 95.1 cm³/mol. The Kier molecular flexibility index (Phi) is 2.86. The maximum absolute atomic E-state index is 9.59. The fraction of sp³-hybridized carbons (Fsp3) is 0.200. The summed E-state index contributed by atoms with van der Waals surface area (Å²) in [6.07, 6.45) is 6.43. The minimum absolute atomic E-state index is 0.282. The Morgan fingerprint density at radius 2 is 1.71 bits per heavy atom. The number of pyridine rings is 1. The number of hydrogen-bond acceptors (Lipinski definition) is 3. The van der Waals surface area contributed by atoms with Crippen LogP contribution in [0.3, 0.4) is 0 Å². The van der Waals surface area contributed by atoms with E-state index in [0.29, 0.717) is 0 Å². The number of fused-ring (bicyclic) bond motifs is 5. The van der Waals surface area contributed by atoms with Gasteiger partial charge in [0.25, 0.3) is 0 Å². The fourth-order valence-electron chi connectivity index (χ4n) is 3.86. The molecule has 0 fully saturated rings. The predicted octanol–water partition coefficient (Wildman–Crippen LogP) is 4.36. The summed E-state index contributed by atoms with van der Waals surface area (Å²) in [7, 11) is 0. The van der Waals surface area contributed by atoms with Gasteiger partial charge >= 0.3 is 0 Å². The highest BCUT2D eigenvalue weighted by molar-refractivity contribution is 6.05. The van der Waals surface area contributed by atoms with Gasteiger partial charge in [-0.15, -0.1) is 0 Å². The van der Waals surface area contributed by atoms with Crippen molar-refractivity contribution in [1.29, 1.82) is 0 Å². The number of nitrogens with one attached hydrogen (secondary N) is 1. The molecule has 0 bridgehead atoms. The number of nitrogens with zero attached hydrogens (tertiary/aromatic N) is 2. The number of H-pyrrole nitrogens is 1. The molecule has 2 N–H and O–H groups in total. The van der Waals surface area contributed by atoms with Gasteiger partial charge in [-0.1, -0.05) is 12.1 Å². The topological polar surface area (TPSA) is 61.8 Å². The number of aromatic hydroxyl groups is 1. The highest BCUT2D eigenvalue weighted by Gasteiger charge is 2.20. The Hall–Kier alpha value is -2.88. The van der Waals surface area contributed by atoms with Crippen LogP contribution in [0.5, 0.6) is 5.75 Å². The summed E-state index contributed by atoms with van der Waals surface area (Å²) in [4.78, 5) is 5.04. The Labute approximate surface area is 139 Å². The van der Waals surface area contributed by atoms with E-state index in [1.807, 2.05) is 18.3 Å². The first kappa shape index (κ1) is 13.5. The van der Waals surface area contributed by atoms with Gasteiger partial charge in [0, 0.05) is 16.3 Å². The van der Waals surface area contributed by atoms with Gasteiger partial charge < -0.3 is 5.11 Å². The van der Waals surface area contributed by atoms with Crippen LogP contribution in [0, 0.1) is 0 Å². The van der Waals surface area contributed by atoms with Crippen LogP contribution < -0.4 is 0 Å². The molecule has 0 saturated carbocycles. The van der Waals surface area contributed by atoms with Crippen LogP contribution >= 0.6 is 0 Å². The van der Waals surface area contributed by atoms with Crippen LogP contribution in [0.25, 0.3) is 33.1 Å². The van der Waals surface area contributed by atoms with E-state index in [2.05, 4.69) is 22.3 Å². The lowest BCUT2D eigenvalue weighted by molar-refractivity contribution is 0.475. The van der Waals surface area contributed by atoms with Gasteiger partial charge in [-0.05, 0) is 61.1 Å². The molecule has 0 unspecified atom stereocenters. The van der Waals surface area contributed by atoms with Crippen LogP contribution in [-0.4, -0.2) is 20.3 Å². The molecular formula is C20H17N3O. The van der Waals surface area contributed by atoms with E-state index >= 15 is 0 Å². The van der Waals surface area contributed by atoms with Crippen molar-refractivity contribution in [3.8, 4) is 17.0 Å². The molecule has 2 aromatic heterocycles. The number of aromatic nitrogens is 3. The van der Waals surface area contributed by atoms with Crippen LogP contribution in [0.1, 0.15) is 24.0 Å². The summed E-state index contributed by atoms with van der Waals surface area (Å²) >= 11 is 0. The molecule has 1 aliphatic rings. The van der Waals surface area contributed by atoms with Gasteiger partial charge in [-0.25, -0.2) is 4.98 Å². The van der Waals surface area contributed by atoms with Gasteiger partial charge in [0.2, 0.25) is 0 Å². The number of aryl methyl sites for hydroxylation is 1. The average Bonchev–Trinajstić information content (AvgIpc) is 3.11. The maximum atomic E-state index is 9.59. The molecule has 0 saturated heterocycles. The van der Waals surface area contributed by atoms with E-state index in [-0.39, 0.29) is 5.75 Å². The van der Waals surface area contributed by atoms with Gasteiger partial charge in [-0.2, -0.15) is 5.10 Å². The first-order valence-corrected chi connectivity index (χ1v) is 8.38. The van der Waals surface area contributed by atoms with Crippen molar-refractivity contribution in [2.75, 3.05) is 0 Å². The van der Waals surface area contributed by atoms with Crippen molar-refractivity contribution in [1.82, 2.24) is 15.2 Å². The zero-order valence-corrected chi connectivity index (χ0v) is 13.2. The van der Waals surface area contributed by atoms with Crippen molar-refractivity contribution in [2.45, 2.75) is 25.7 Å². The number of hydrogen-bond donors (Lipinski definition) is 2. The van der Waals surface area contributed by atoms with Crippen LogP contribution in [0.4, 0.5) is 0 Å². The van der Waals surface area contributed by atoms with Crippen molar-refractivity contribution in [2.24, 2.45) is 0 Å². The molecule has 2 heterocycles. The minimum atomic E-state index is 0.282. The lowest BCUT2D eigenvalue weighted by Crippen LogP contribution is -2.07. The SMILES string of the molecule is Oc1ccc(-c2nc3c(ccc4cn[nH]c43)c3c2CCCC3)cc1. The van der Waals surface area contributed by atoms with Gasteiger partial charge in [0.05, 0.1) is 22.9 Å². The van der Waals surface area contributed by atoms with Crippen LogP contribution in [-0.2, 0) is 12.8 Å². The van der Waals surface area contributed by atoms with Crippen molar-refractivity contribution < 1.29 is 5.11 Å². The van der Waals surface area contributed by atoms with Crippen molar-refractivity contribution >= 4 is 21.8 Å². The summed E-state index contributed by atoms with van der Waals surface area (Å²) in [6, 6.07) is 11.7. The van der Waals surface area contributed by atoms with E-state index in [9.17, 15) is 5.11 Å². The van der Waals surface area contributed by atoms with Gasteiger partial charge in [0.1, 0.15) is 5.75 Å². The molecule has 5 rings (SSSR count). The van der Waals surface area contributed by atoms with E-state index in [1.165, 1.54) is 29.4 Å². The molecule has 0 spiro atoms. The highest BCUT2D eigenvalue weighted by atomic mass is 16.3. The Morgan fingerprint density at radius 1 is 0.917 bits per heavy atom. The molecule has 24 heavy (non-hydrogen) atoms. The molecule has 4 heteroatoms. The second kappa shape index (κ2) is 5.06. The lowest BCUT2D eigenvalue weighted by atomic mass is 9.86. The molecule has 4 aromatic rings. The quantitative estimate of drug-likeness (QED) is 0.548. The standard InChI is InChI=1S/C20H17N3O/c24-14-8-5-12(6-9-14)18-16-4-2-1-3-15(16)17-10-7-13-11-21-23-19(13)20(17)22-18/h5-11,24H,1-4H2,(H,21,23). The summed E-state index contributed by atoms with van der Waals surface area (Å²) in [5, 5.41) is 19.2. The molecule has 118 valence electrons. The third kappa shape index (κ3) is 1.92. The lowest BCUT2D eigenvalue weighted by Gasteiger charge is -2.21. The van der Waals surface area contributed by atoms with E-state index in [1.54, 1.807) is 12.1 Å². The van der Waals surface area contributed by atoms with E-state index in [0.717, 1.165) is 40.5 Å². The highest BCUT2D eigenvalue weighted by Crippen LogP contribution is 2.37. The third-order valence-corrected chi connectivity index (χ3v) is 5.03. The normalized spacial score (nSPS) is 14.2. The van der Waals surface area contributed by atoms with Gasteiger partial charge in [0.15, 0.2) is 0 Å². The van der Waals surface area contributed by atoms with E-state index in [4.69, 9.17) is 4.98 Å². The zero-order valence-electron chi connectivity index (χ0n) is 13.2. The molecule has 4 nitrogen and oxygen atoms in total. The van der Waals surface area contributed by atoms with Crippen LogP contribution in [0.2, 0.25) is 0 Å². The van der Waals surface area contributed by atoms with Crippen molar-refractivity contribution in [3.05, 3.63) is 53.7 Å². The molecule has 2 aromatic carbocycles. The largest absolute Gasteiger partial charge is 0.508 e. The fourth-order valence-corrected chi connectivity index (χ4v) is 3.86. The van der Waals surface area contributed by atoms with Crippen LogP contribution in [0.15, 0.2) is 42.6 Å². The Balaban J connectivity index is 1.89.